The first kappa shape index (κ1) is 16.5. The topological polar surface area (TPSA) is 51.8 Å². The number of aliphatic hydroxyl groups excluding tert-OH is 1. The highest BCUT2D eigenvalue weighted by molar-refractivity contribution is 7.09. The third-order valence-corrected chi connectivity index (χ3v) is 3.92. The van der Waals surface area contributed by atoms with Gasteiger partial charge in [0, 0.05) is 20.5 Å². The van der Waals surface area contributed by atoms with E-state index in [2.05, 4.69) is 17.0 Å². The minimum atomic E-state index is 0.0637. The first-order valence-corrected chi connectivity index (χ1v) is 7.39. The van der Waals surface area contributed by atoms with Crippen molar-refractivity contribution in [3.63, 3.8) is 0 Å². The van der Waals surface area contributed by atoms with Crippen molar-refractivity contribution >= 4 is 11.3 Å². The molecule has 0 radical (unpaired) electrons. The molecule has 1 heterocycles. The number of aromatic nitrogens is 1. The smallest absolute Gasteiger partial charge is 0.225 e. The number of aliphatic hydroxyl groups is 1. The number of rotatable bonds is 11. The summed E-state index contributed by atoms with van der Waals surface area (Å²) in [7, 11) is 1.73. The summed E-state index contributed by atoms with van der Waals surface area (Å²) < 4.78 is 17.9. The minimum Gasteiger partial charge on any atom is -0.394 e. The number of thiazole rings is 1. The van der Waals surface area contributed by atoms with Gasteiger partial charge in [-0.25, -0.2) is 0 Å². The molecule has 110 valence electrons. The Bertz CT molecular complexity index is 343. The number of methoxy groups -OCH3 is 1. The van der Waals surface area contributed by atoms with E-state index in [0.717, 1.165) is 19.6 Å². The number of hydrogen-bond donors (Lipinski definition) is 1. The van der Waals surface area contributed by atoms with Gasteiger partial charge in [-0.3, -0.25) is 0 Å². The molecule has 1 N–H and O–H groups in total. The predicted octanol–water partition coefficient (Wildman–Crippen LogP) is 0.558. The molecular formula is C13H24NO4S+. The molecule has 0 saturated heterocycles. The van der Waals surface area contributed by atoms with Gasteiger partial charge >= 0.3 is 0 Å². The Morgan fingerprint density at radius 3 is 2.58 bits per heavy atom. The van der Waals surface area contributed by atoms with Gasteiger partial charge in [-0.1, -0.05) is 11.3 Å². The Morgan fingerprint density at radius 1 is 1.16 bits per heavy atom. The molecule has 5 nitrogen and oxygen atoms in total. The third-order valence-electron chi connectivity index (χ3n) is 2.77. The molecule has 0 spiro atoms. The molecular weight excluding hydrogens is 266 g/mol. The monoisotopic (exact) mass is 290 g/mol. The van der Waals surface area contributed by atoms with Crippen molar-refractivity contribution < 1.29 is 23.9 Å². The quantitative estimate of drug-likeness (QED) is 0.478. The molecule has 19 heavy (non-hydrogen) atoms. The maximum atomic E-state index is 8.54. The van der Waals surface area contributed by atoms with Crippen LogP contribution in [0.3, 0.4) is 0 Å². The zero-order valence-electron chi connectivity index (χ0n) is 11.8. The highest BCUT2D eigenvalue weighted by Crippen LogP contribution is 2.11. The van der Waals surface area contributed by atoms with Gasteiger partial charge in [-0.2, -0.15) is 4.57 Å². The van der Waals surface area contributed by atoms with Crippen molar-refractivity contribution in [1.29, 1.82) is 0 Å². The van der Waals surface area contributed by atoms with E-state index in [1.165, 1.54) is 10.6 Å². The summed E-state index contributed by atoms with van der Waals surface area (Å²) in [5.74, 6) is 0. The van der Waals surface area contributed by atoms with Gasteiger partial charge in [0.05, 0.1) is 37.9 Å². The Hall–Kier alpha value is -0.530. The van der Waals surface area contributed by atoms with E-state index >= 15 is 0 Å². The molecule has 0 aliphatic carbocycles. The number of nitrogens with zero attached hydrogens (tertiary/aromatic N) is 1. The summed E-state index contributed by atoms with van der Waals surface area (Å²) >= 11 is 1.77. The van der Waals surface area contributed by atoms with Crippen LogP contribution < -0.4 is 4.57 Å². The normalized spacial score (nSPS) is 11.1. The molecule has 0 unspecified atom stereocenters. The number of ether oxygens (including phenoxy) is 3. The molecule has 0 aliphatic heterocycles. The molecule has 0 aliphatic rings. The molecule has 1 aromatic heterocycles. The van der Waals surface area contributed by atoms with E-state index in [4.69, 9.17) is 19.3 Å². The Kier molecular flexibility index (Phi) is 8.94. The van der Waals surface area contributed by atoms with Crippen molar-refractivity contribution in [2.75, 3.05) is 46.8 Å². The molecule has 0 bridgehead atoms. The van der Waals surface area contributed by atoms with Gasteiger partial charge < -0.3 is 19.3 Å². The second-order valence-electron chi connectivity index (χ2n) is 4.12. The summed E-state index contributed by atoms with van der Waals surface area (Å²) in [6.07, 6.45) is 0.968. The van der Waals surface area contributed by atoms with Crippen LogP contribution in [0.25, 0.3) is 0 Å². The van der Waals surface area contributed by atoms with E-state index in [1.54, 1.807) is 18.4 Å². The van der Waals surface area contributed by atoms with E-state index < -0.39 is 0 Å². The van der Waals surface area contributed by atoms with E-state index in [0.29, 0.717) is 26.4 Å². The summed E-state index contributed by atoms with van der Waals surface area (Å²) in [4.78, 5) is 1.37. The van der Waals surface area contributed by atoms with Crippen LogP contribution in [0.5, 0.6) is 0 Å². The Morgan fingerprint density at radius 2 is 1.89 bits per heavy atom. The largest absolute Gasteiger partial charge is 0.394 e. The van der Waals surface area contributed by atoms with Crippen LogP contribution in [0, 0.1) is 6.92 Å². The van der Waals surface area contributed by atoms with Gasteiger partial charge in [0.1, 0.15) is 6.61 Å². The molecule has 6 heteroatoms. The van der Waals surface area contributed by atoms with E-state index in [-0.39, 0.29) is 6.61 Å². The minimum absolute atomic E-state index is 0.0637. The van der Waals surface area contributed by atoms with Crippen molar-refractivity contribution in [2.24, 2.45) is 0 Å². The lowest BCUT2D eigenvalue weighted by Gasteiger charge is -2.03. The fraction of sp³-hybridized carbons (Fsp3) is 0.769. The first-order valence-electron chi connectivity index (χ1n) is 6.51. The predicted molar refractivity (Wildman–Crippen MR) is 73.6 cm³/mol. The fourth-order valence-electron chi connectivity index (χ4n) is 1.66. The highest BCUT2D eigenvalue weighted by atomic mass is 32.1. The number of hydrogen-bond acceptors (Lipinski definition) is 5. The zero-order chi connectivity index (χ0) is 13.9. The second-order valence-corrected chi connectivity index (χ2v) is 5.06. The van der Waals surface area contributed by atoms with Crippen LogP contribution in [0.15, 0.2) is 5.51 Å². The fourth-order valence-corrected chi connectivity index (χ4v) is 2.66. The molecule has 1 aromatic rings. The molecule has 0 amide bonds. The lowest BCUT2D eigenvalue weighted by Crippen LogP contribution is -2.37. The van der Waals surface area contributed by atoms with Crippen LogP contribution in [0.4, 0.5) is 0 Å². The molecule has 1 rings (SSSR count). The highest BCUT2D eigenvalue weighted by Gasteiger charge is 2.14. The van der Waals surface area contributed by atoms with E-state index in [1.807, 2.05) is 0 Å². The molecule has 0 fully saturated rings. The van der Waals surface area contributed by atoms with Crippen molar-refractivity contribution in [2.45, 2.75) is 19.9 Å². The van der Waals surface area contributed by atoms with Crippen LogP contribution >= 0.6 is 11.3 Å². The Labute approximate surface area is 118 Å². The average Bonchev–Trinajstić information content (AvgIpc) is 2.76. The third kappa shape index (κ3) is 6.44. The zero-order valence-corrected chi connectivity index (χ0v) is 12.6. The lowest BCUT2D eigenvalue weighted by molar-refractivity contribution is -0.699. The maximum absolute atomic E-state index is 8.54. The van der Waals surface area contributed by atoms with Gasteiger partial charge in [0.2, 0.25) is 5.51 Å². The maximum Gasteiger partial charge on any atom is 0.225 e. The van der Waals surface area contributed by atoms with Gasteiger partial charge in [-0.15, -0.1) is 0 Å². The molecule has 0 aromatic carbocycles. The molecule has 0 saturated carbocycles. The standard InChI is InChI=1S/C13H24NO4S/c1-12-13(3-6-16-2)19-11-14(12)4-7-17-9-10-18-8-5-15/h11,15H,3-10H2,1-2H3/q+1. The second kappa shape index (κ2) is 10.3. The van der Waals surface area contributed by atoms with Crippen LogP contribution in [0.1, 0.15) is 10.6 Å². The molecule has 0 atom stereocenters. The average molecular weight is 290 g/mol. The van der Waals surface area contributed by atoms with Crippen LogP contribution in [0.2, 0.25) is 0 Å². The van der Waals surface area contributed by atoms with Crippen molar-refractivity contribution in [1.82, 2.24) is 0 Å². The summed E-state index contributed by atoms with van der Waals surface area (Å²) in [5.41, 5.74) is 3.42. The van der Waals surface area contributed by atoms with Crippen LogP contribution in [-0.2, 0) is 27.2 Å². The summed E-state index contributed by atoms with van der Waals surface area (Å²) in [6.45, 7) is 5.97. The van der Waals surface area contributed by atoms with Crippen LogP contribution in [-0.4, -0.2) is 51.9 Å². The van der Waals surface area contributed by atoms with Gasteiger partial charge in [-0.05, 0) is 0 Å². The van der Waals surface area contributed by atoms with Crippen molar-refractivity contribution in [3.05, 3.63) is 16.1 Å². The van der Waals surface area contributed by atoms with Crippen molar-refractivity contribution in [3.8, 4) is 0 Å². The summed E-state index contributed by atoms with van der Waals surface area (Å²) in [5, 5.41) is 8.54. The first-order chi connectivity index (χ1) is 9.29. The van der Waals surface area contributed by atoms with Gasteiger partial charge in [0.25, 0.3) is 0 Å². The Balaban J connectivity index is 2.17. The SMILES string of the molecule is COCCc1sc[n+](CCOCCOCCO)c1C. The van der Waals surface area contributed by atoms with E-state index in [9.17, 15) is 0 Å². The summed E-state index contributed by atoms with van der Waals surface area (Å²) in [6, 6.07) is 0. The lowest BCUT2D eigenvalue weighted by atomic mass is 10.3. The van der Waals surface area contributed by atoms with Gasteiger partial charge in [0.15, 0.2) is 12.2 Å².